The van der Waals surface area contributed by atoms with E-state index in [4.69, 9.17) is 0 Å². The third kappa shape index (κ3) is 5.86. The van der Waals surface area contributed by atoms with E-state index < -0.39 is 0 Å². The number of thioether (sulfide) groups is 1. The standard InChI is InChI=1S/C20H29NOS3/c1-16-6-2-4-8-18(16)19-10-12-21(13-15-23-19)20(22)9-5-3-7-17-11-14-24-25-17/h2,4,6,8,17,19H,3,5,7,9-15H2,1H3. The summed E-state index contributed by atoms with van der Waals surface area (Å²) in [7, 11) is 4.06. The van der Waals surface area contributed by atoms with Gasteiger partial charge in [0.25, 0.3) is 0 Å². The summed E-state index contributed by atoms with van der Waals surface area (Å²) in [6, 6.07) is 8.70. The number of hydrogen-bond acceptors (Lipinski definition) is 4. The molecule has 0 bridgehead atoms. The predicted octanol–water partition coefficient (Wildman–Crippen LogP) is 5.72. The average molecular weight is 396 g/mol. The van der Waals surface area contributed by atoms with Crippen molar-refractivity contribution in [2.24, 2.45) is 0 Å². The molecule has 2 saturated heterocycles. The average Bonchev–Trinajstić information content (AvgIpc) is 3.02. The highest BCUT2D eigenvalue weighted by molar-refractivity contribution is 8.77. The second-order valence-electron chi connectivity index (χ2n) is 6.96. The number of nitrogens with zero attached hydrogens (tertiary/aromatic N) is 1. The first-order valence-electron chi connectivity index (χ1n) is 9.47. The molecule has 25 heavy (non-hydrogen) atoms. The van der Waals surface area contributed by atoms with Crippen molar-refractivity contribution in [3.63, 3.8) is 0 Å². The van der Waals surface area contributed by atoms with E-state index in [1.165, 1.54) is 36.1 Å². The molecule has 0 aromatic heterocycles. The highest BCUT2D eigenvalue weighted by atomic mass is 33.1. The molecule has 0 N–H and O–H groups in total. The van der Waals surface area contributed by atoms with Crippen molar-refractivity contribution in [1.82, 2.24) is 4.90 Å². The summed E-state index contributed by atoms with van der Waals surface area (Å²) >= 11 is 2.02. The molecule has 0 aliphatic carbocycles. The third-order valence-electron chi connectivity index (χ3n) is 5.12. The minimum atomic E-state index is 0.375. The number of carbonyl (C=O) groups excluding carboxylic acids is 1. The molecule has 0 saturated carbocycles. The summed E-state index contributed by atoms with van der Waals surface area (Å²) < 4.78 is 0. The summed E-state index contributed by atoms with van der Waals surface area (Å²) in [6.45, 7) is 4.03. The highest BCUT2D eigenvalue weighted by Gasteiger charge is 2.23. The van der Waals surface area contributed by atoms with Crippen LogP contribution in [0.3, 0.4) is 0 Å². The van der Waals surface area contributed by atoms with Gasteiger partial charge >= 0.3 is 0 Å². The van der Waals surface area contributed by atoms with Gasteiger partial charge in [-0.3, -0.25) is 4.79 Å². The number of benzene rings is 1. The van der Waals surface area contributed by atoms with Crippen LogP contribution in [-0.2, 0) is 4.79 Å². The van der Waals surface area contributed by atoms with Gasteiger partial charge in [0, 0.05) is 41.5 Å². The van der Waals surface area contributed by atoms with E-state index in [1.54, 1.807) is 0 Å². The quantitative estimate of drug-likeness (QED) is 0.453. The molecule has 2 unspecified atom stereocenters. The zero-order valence-electron chi connectivity index (χ0n) is 15.1. The van der Waals surface area contributed by atoms with Crippen molar-refractivity contribution in [2.45, 2.75) is 55.9 Å². The van der Waals surface area contributed by atoms with E-state index in [0.717, 1.165) is 43.4 Å². The van der Waals surface area contributed by atoms with Gasteiger partial charge in [-0.1, -0.05) is 52.3 Å². The van der Waals surface area contributed by atoms with E-state index in [-0.39, 0.29) is 0 Å². The fourth-order valence-corrected chi connectivity index (χ4v) is 7.94. The minimum absolute atomic E-state index is 0.375. The van der Waals surface area contributed by atoms with E-state index in [2.05, 4.69) is 36.1 Å². The van der Waals surface area contributed by atoms with Crippen LogP contribution >= 0.6 is 33.3 Å². The third-order valence-corrected chi connectivity index (χ3v) is 9.44. The van der Waals surface area contributed by atoms with Crippen LogP contribution in [0, 0.1) is 6.92 Å². The van der Waals surface area contributed by atoms with E-state index in [9.17, 15) is 4.79 Å². The van der Waals surface area contributed by atoms with Gasteiger partial charge in [0.1, 0.15) is 0 Å². The van der Waals surface area contributed by atoms with Crippen LogP contribution in [0.2, 0.25) is 0 Å². The first kappa shape index (κ1) is 19.5. The fraction of sp³-hybridized carbons (Fsp3) is 0.650. The summed E-state index contributed by atoms with van der Waals surface area (Å²) in [6.07, 6.45) is 6.73. The van der Waals surface area contributed by atoms with Crippen LogP contribution in [-0.4, -0.2) is 40.7 Å². The lowest BCUT2D eigenvalue weighted by Crippen LogP contribution is -2.32. The molecule has 138 valence electrons. The molecule has 2 aliphatic rings. The molecule has 1 aromatic carbocycles. The molecule has 2 nitrogen and oxygen atoms in total. The topological polar surface area (TPSA) is 20.3 Å². The van der Waals surface area contributed by atoms with E-state index in [0.29, 0.717) is 11.2 Å². The van der Waals surface area contributed by atoms with Crippen LogP contribution in [0.5, 0.6) is 0 Å². The molecule has 2 fully saturated rings. The summed E-state index contributed by atoms with van der Waals surface area (Å²) in [5, 5.41) is 1.38. The summed E-state index contributed by atoms with van der Waals surface area (Å²) in [4.78, 5) is 14.7. The normalized spacial score (nSPS) is 24.3. The largest absolute Gasteiger partial charge is 0.342 e. The SMILES string of the molecule is Cc1ccccc1C1CCN(C(=O)CCCCC2CCSS2)CCS1. The minimum Gasteiger partial charge on any atom is -0.342 e. The molecule has 2 atom stereocenters. The van der Waals surface area contributed by atoms with Gasteiger partial charge in [0.2, 0.25) is 5.91 Å². The molecular formula is C20H29NOS3. The van der Waals surface area contributed by atoms with Crippen LogP contribution in [0.1, 0.15) is 54.9 Å². The van der Waals surface area contributed by atoms with E-state index >= 15 is 0 Å². The maximum Gasteiger partial charge on any atom is 0.222 e. The Morgan fingerprint density at radius 2 is 2.04 bits per heavy atom. The fourth-order valence-electron chi connectivity index (χ4n) is 3.59. The Balaban J connectivity index is 1.41. The van der Waals surface area contributed by atoms with Gasteiger partial charge in [-0.25, -0.2) is 0 Å². The molecule has 3 rings (SSSR count). The van der Waals surface area contributed by atoms with Crippen LogP contribution in [0.15, 0.2) is 24.3 Å². The first-order chi connectivity index (χ1) is 12.2. The molecule has 2 heterocycles. The zero-order chi connectivity index (χ0) is 17.5. The van der Waals surface area contributed by atoms with Crippen LogP contribution < -0.4 is 0 Å². The lowest BCUT2D eigenvalue weighted by atomic mass is 10.0. The predicted molar refractivity (Wildman–Crippen MR) is 114 cm³/mol. The number of hydrogen-bond donors (Lipinski definition) is 0. The number of unbranched alkanes of at least 4 members (excludes halogenated alkanes) is 1. The number of carbonyl (C=O) groups is 1. The molecule has 0 spiro atoms. The number of rotatable bonds is 6. The van der Waals surface area contributed by atoms with Gasteiger partial charge in [0.15, 0.2) is 0 Å². The Labute approximate surface area is 164 Å². The highest BCUT2D eigenvalue weighted by Crippen LogP contribution is 2.40. The summed E-state index contributed by atoms with van der Waals surface area (Å²) in [5.74, 6) is 2.74. The molecule has 0 radical (unpaired) electrons. The lowest BCUT2D eigenvalue weighted by molar-refractivity contribution is -0.131. The molecule has 5 heteroatoms. The van der Waals surface area contributed by atoms with Crippen molar-refractivity contribution < 1.29 is 4.79 Å². The zero-order valence-corrected chi connectivity index (χ0v) is 17.6. The Bertz CT molecular complexity index is 560. The van der Waals surface area contributed by atoms with Gasteiger partial charge in [-0.05, 0) is 43.7 Å². The van der Waals surface area contributed by atoms with Crippen molar-refractivity contribution in [1.29, 1.82) is 0 Å². The van der Waals surface area contributed by atoms with Crippen molar-refractivity contribution >= 4 is 39.3 Å². The Morgan fingerprint density at radius 1 is 1.16 bits per heavy atom. The Hall–Kier alpha value is -0.260. The van der Waals surface area contributed by atoms with Crippen molar-refractivity contribution in [2.75, 3.05) is 24.6 Å². The second kappa shape index (κ2) is 10.2. The molecule has 1 amide bonds. The number of amides is 1. The lowest BCUT2D eigenvalue weighted by Gasteiger charge is -2.21. The smallest absolute Gasteiger partial charge is 0.222 e. The van der Waals surface area contributed by atoms with Gasteiger partial charge < -0.3 is 4.90 Å². The van der Waals surface area contributed by atoms with Crippen molar-refractivity contribution in [3.8, 4) is 0 Å². The maximum absolute atomic E-state index is 12.6. The van der Waals surface area contributed by atoms with Gasteiger partial charge in [0.05, 0.1) is 0 Å². The monoisotopic (exact) mass is 395 g/mol. The summed E-state index contributed by atoms with van der Waals surface area (Å²) in [5.41, 5.74) is 2.83. The van der Waals surface area contributed by atoms with Crippen molar-refractivity contribution in [3.05, 3.63) is 35.4 Å². The Kier molecular flexibility index (Phi) is 7.93. The molecule has 2 aliphatic heterocycles. The van der Waals surface area contributed by atoms with E-state index in [1.807, 2.05) is 33.3 Å². The van der Waals surface area contributed by atoms with Gasteiger partial charge in [-0.15, -0.1) is 0 Å². The second-order valence-corrected chi connectivity index (χ2v) is 11.1. The molecular weight excluding hydrogens is 366 g/mol. The number of aryl methyl sites for hydroxylation is 1. The van der Waals surface area contributed by atoms with Crippen LogP contribution in [0.4, 0.5) is 0 Å². The van der Waals surface area contributed by atoms with Gasteiger partial charge in [-0.2, -0.15) is 11.8 Å². The van der Waals surface area contributed by atoms with Crippen LogP contribution in [0.25, 0.3) is 0 Å². The molecule has 1 aromatic rings. The Morgan fingerprint density at radius 3 is 2.84 bits per heavy atom. The first-order valence-corrected chi connectivity index (χ1v) is 12.9. The maximum atomic E-state index is 12.6.